The average molecular weight is 444 g/mol. The van der Waals surface area contributed by atoms with Crippen LogP contribution >= 0.6 is 27.5 Å². The maximum absolute atomic E-state index is 14.1. The van der Waals surface area contributed by atoms with Crippen LogP contribution < -0.4 is 11.2 Å². The molecule has 0 saturated heterocycles. The van der Waals surface area contributed by atoms with Gasteiger partial charge in [0.05, 0.1) is 13.1 Å². The minimum Gasteiger partial charge on any atom is -0.305 e. The lowest BCUT2D eigenvalue weighted by molar-refractivity contribution is -0.117. The van der Waals surface area contributed by atoms with Gasteiger partial charge in [-0.05, 0) is 35.0 Å². The Kier molecular flexibility index (Phi) is 4.85. The summed E-state index contributed by atoms with van der Waals surface area (Å²) in [5.74, 6) is -0.813. The molecule has 0 unspecified atom stereocenters. The first-order valence-electron chi connectivity index (χ1n) is 7.50. The third-order valence-electron chi connectivity index (χ3n) is 3.94. The van der Waals surface area contributed by atoms with Gasteiger partial charge in [0.25, 0.3) is 5.56 Å². The number of hydrogen-bond acceptors (Lipinski definition) is 4. The summed E-state index contributed by atoms with van der Waals surface area (Å²) in [6, 6.07) is 4.11. The zero-order valence-corrected chi connectivity index (χ0v) is 16.1. The molecule has 136 valence electrons. The maximum Gasteiger partial charge on any atom is 0.332 e. The Bertz CT molecular complexity index is 1140. The van der Waals surface area contributed by atoms with Gasteiger partial charge in [-0.1, -0.05) is 17.7 Å². The van der Waals surface area contributed by atoms with Gasteiger partial charge in [0.2, 0.25) is 0 Å². The van der Waals surface area contributed by atoms with E-state index in [1.165, 1.54) is 41.3 Å². The van der Waals surface area contributed by atoms with Gasteiger partial charge < -0.3 is 4.57 Å². The molecule has 3 aromatic rings. The van der Waals surface area contributed by atoms with E-state index in [4.69, 9.17) is 11.6 Å². The zero-order chi connectivity index (χ0) is 19.2. The van der Waals surface area contributed by atoms with Crippen LogP contribution in [0.15, 0.2) is 32.5 Å². The number of ketones is 1. The van der Waals surface area contributed by atoms with Crippen molar-refractivity contribution in [3.8, 4) is 0 Å². The van der Waals surface area contributed by atoms with Gasteiger partial charge in [0.15, 0.2) is 15.9 Å². The Balaban J connectivity index is 2.32. The number of carbonyl (C=O) groups excluding carboxylic acids is 1. The van der Waals surface area contributed by atoms with E-state index >= 15 is 0 Å². The molecule has 3 rings (SSSR count). The normalized spacial score (nSPS) is 11.3. The highest BCUT2D eigenvalue weighted by Gasteiger charge is 2.21. The lowest BCUT2D eigenvalue weighted by atomic mass is 10.2. The van der Waals surface area contributed by atoms with Gasteiger partial charge in [-0.25, -0.2) is 14.2 Å². The lowest BCUT2D eigenvalue weighted by Crippen LogP contribution is -2.40. The molecule has 26 heavy (non-hydrogen) atoms. The first-order valence-corrected chi connectivity index (χ1v) is 8.67. The predicted octanol–water partition coefficient (Wildman–Crippen LogP) is 2.09. The van der Waals surface area contributed by atoms with Crippen LogP contribution in [-0.2, 0) is 24.9 Å². The molecule has 0 spiro atoms. The van der Waals surface area contributed by atoms with Crippen molar-refractivity contribution in [2.75, 3.05) is 0 Å². The van der Waals surface area contributed by atoms with E-state index in [2.05, 4.69) is 20.9 Å². The van der Waals surface area contributed by atoms with Gasteiger partial charge in [0.1, 0.15) is 11.6 Å². The lowest BCUT2D eigenvalue weighted by Gasteiger charge is -2.11. The summed E-state index contributed by atoms with van der Waals surface area (Å²) in [6.07, 6.45) is 0. The summed E-state index contributed by atoms with van der Waals surface area (Å²) >= 11 is 9.21. The van der Waals surface area contributed by atoms with Crippen LogP contribution in [0.25, 0.3) is 11.2 Å². The van der Waals surface area contributed by atoms with E-state index in [1.54, 1.807) is 0 Å². The van der Waals surface area contributed by atoms with Crippen LogP contribution in [0, 0.1) is 5.82 Å². The van der Waals surface area contributed by atoms with E-state index < -0.39 is 17.1 Å². The molecule has 0 saturated carbocycles. The van der Waals surface area contributed by atoms with Crippen LogP contribution in [0.5, 0.6) is 0 Å². The van der Waals surface area contributed by atoms with Crippen molar-refractivity contribution in [3.63, 3.8) is 0 Å². The van der Waals surface area contributed by atoms with Crippen molar-refractivity contribution in [2.45, 2.75) is 20.0 Å². The summed E-state index contributed by atoms with van der Waals surface area (Å²) in [5.41, 5.74) is -1.11. The standard InChI is InChI=1S/C16H13BrClFN4O3/c1-8(24)6-22-12-13(20-15(22)17)21(2)16(26)23(14(12)25)7-9-10(18)4-3-5-11(9)19/h3-5H,6-7H2,1-2H3. The zero-order valence-electron chi connectivity index (χ0n) is 13.8. The van der Waals surface area contributed by atoms with E-state index in [1.807, 2.05) is 0 Å². The molecule has 0 N–H and O–H groups in total. The first-order chi connectivity index (χ1) is 12.2. The molecule has 0 fully saturated rings. The number of nitrogens with zero attached hydrogens (tertiary/aromatic N) is 4. The third kappa shape index (κ3) is 3.01. The Morgan fingerprint density at radius 2 is 2.00 bits per heavy atom. The Morgan fingerprint density at radius 1 is 1.31 bits per heavy atom. The molecule has 0 aliphatic carbocycles. The second kappa shape index (κ2) is 6.81. The topological polar surface area (TPSA) is 78.9 Å². The molecule has 7 nitrogen and oxygen atoms in total. The molecule has 0 aliphatic rings. The van der Waals surface area contributed by atoms with Crippen LogP contribution in [0.1, 0.15) is 12.5 Å². The highest BCUT2D eigenvalue weighted by atomic mass is 79.9. The SMILES string of the molecule is CC(=O)Cn1c(Br)nc2c1c(=O)n(Cc1c(F)cccc1Cl)c(=O)n2C. The molecule has 0 amide bonds. The number of hydrogen-bond donors (Lipinski definition) is 0. The minimum absolute atomic E-state index is 0.0319. The molecule has 1 aromatic carbocycles. The number of benzene rings is 1. The largest absolute Gasteiger partial charge is 0.332 e. The molecule has 0 radical (unpaired) electrons. The second-order valence-electron chi connectivity index (χ2n) is 5.77. The number of Topliss-reactive ketones (excluding diaryl/α,β-unsaturated/α-hetero) is 1. The van der Waals surface area contributed by atoms with Crippen LogP contribution in [0.4, 0.5) is 4.39 Å². The second-order valence-corrected chi connectivity index (χ2v) is 6.89. The van der Waals surface area contributed by atoms with Crippen LogP contribution in [0.2, 0.25) is 5.02 Å². The molecule has 2 heterocycles. The van der Waals surface area contributed by atoms with Crippen molar-refractivity contribution in [1.82, 2.24) is 18.7 Å². The molecular formula is C16H13BrClFN4O3. The monoisotopic (exact) mass is 442 g/mol. The molecular weight excluding hydrogens is 431 g/mol. The highest BCUT2D eigenvalue weighted by molar-refractivity contribution is 9.10. The van der Waals surface area contributed by atoms with Crippen molar-refractivity contribution in [1.29, 1.82) is 0 Å². The number of imidazole rings is 1. The number of rotatable bonds is 4. The number of aromatic nitrogens is 4. The number of fused-ring (bicyclic) bond motifs is 1. The van der Waals surface area contributed by atoms with E-state index in [0.717, 1.165) is 4.57 Å². The van der Waals surface area contributed by atoms with Crippen molar-refractivity contribution >= 4 is 44.5 Å². The Labute approximate surface area is 159 Å². The fraction of sp³-hybridized carbons (Fsp3) is 0.250. The first kappa shape index (κ1) is 18.5. The maximum atomic E-state index is 14.1. The smallest absolute Gasteiger partial charge is 0.305 e. The Morgan fingerprint density at radius 3 is 2.62 bits per heavy atom. The highest BCUT2D eigenvalue weighted by Crippen LogP contribution is 2.20. The van der Waals surface area contributed by atoms with Gasteiger partial charge in [0, 0.05) is 17.6 Å². The molecule has 0 bridgehead atoms. The fourth-order valence-corrected chi connectivity index (χ4v) is 3.39. The minimum atomic E-state index is -0.679. The molecule has 0 atom stereocenters. The van der Waals surface area contributed by atoms with Gasteiger partial charge in [-0.3, -0.25) is 18.7 Å². The molecule has 10 heteroatoms. The van der Waals surface area contributed by atoms with E-state index in [9.17, 15) is 18.8 Å². The summed E-state index contributed by atoms with van der Waals surface area (Å²) in [4.78, 5) is 41.2. The Hall–Kier alpha value is -2.26. The van der Waals surface area contributed by atoms with Crippen molar-refractivity contribution < 1.29 is 9.18 Å². The summed E-state index contributed by atoms with van der Waals surface area (Å²) < 4.78 is 17.8. The van der Waals surface area contributed by atoms with Crippen LogP contribution in [0.3, 0.4) is 0 Å². The summed E-state index contributed by atoms with van der Waals surface area (Å²) in [5, 5.41) is 0.109. The quantitative estimate of drug-likeness (QED) is 0.579. The van der Waals surface area contributed by atoms with Crippen molar-refractivity contribution in [2.24, 2.45) is 7.05 Å². The predicted molar refractivity (Wildman–Crippen MR) is 98.1 cm³/mol. The van der Waals surface area contributed by atoms with Crippen molar-refractivity contribution in [3.05, 3.63) is 60.2 Å². The van der Waals surface area contributed by atoms with Crippen LogP contribution in [-0.4, -0.2) is 24.5 Å². The molecule has 0 aliphatic heterocycles. The van der Waals surface area contributed by atoms with Gasteiger partial charge in [-0.15, -0.1) is 0 Å². The number of halogens is 3. The average Bonchev–Trinajstić information content (AvgIpc) is 2.88. The van der Waals surface area contributed by atoms with E-state index in [-0.39, 0.29) is 45.4 Å². The number of carbonyl (C=O) groups is 1. The molecule has 2 aromatic heterocycles. The van der Waals surface area contributed by atoms with Gasteiger partial charge in [-0.2, -0.15) is 0 Å². The van der Waals surface area contributed by atoms with E-state index in [0.29, 0.717) is 0 Å². The summed E-state index contributed by atoms with van der Waals surface area (Å²) in [6.45, 7) is 0.943. The third-order valence-corrected chi connectivity index (χ3v) is 4.90. The van der Waals surface area contributed by atoms with Gasteiger partial charge >= 0.3 is 5.69 Å². The summed E-state index contributed by atoms with van der Waals surface area (Å²) in [7, 11) is 1.45. The fourth-order valence-electron chi connectivity index (χ4n) is 2.69. The number of aryl methyl sites for hydroxylation is 1.